The Morgan fingerprint density at radius 3 is 2.68 bits per heavy atom. The Morgan fingerprint density at radius 1 is 1.58 bits per heavy atom. The van der Waals surface area contributed by atoms with Crippen LogP contribution in [0.25, 0.3) is 0 Å². The highest BCUT2D eigenvalue weighted by Gasteiger charge is 2.24. The highest BCUT2D eigenvalue weighted by molar-refractivity contribution is 7.80. The molecular formula is C13H22N4OS. The number of nitrogens with two attached hydrogens (primary N) is 1. The summed E-state index contributed by atoms with van der Waals surface area (Å²) in [6, 6.07) is 0. The van der Waals surface area contributed by atoms with Crippen LogP contribution in [0.15, 0.2) is 6.20 Å². The van der Waals surface area contributed by atoms with Gasteiger partial charge >= 0.3 is 0 Å². The van der Waals surface area contributed by atoms with Gasteiger partial charge in [-0.1, -0.05) is 33.0 Å². The molecule has 6 heteroatoms. The van der Waals surface area contributed by atoms with Crippen LogP contribution in [-0.4, -0.2) is 20.7 Å². The number of thiocarbonyl (C=S) groups is 1. The van der Waals surface area contributed by atoms with Gasteiger partial charge in [0.25, 0.3) is 0 Å². The molecule has 1 aromatic heterocycles. The lowest BCUT2D eigenvalue weighted by Crippen LogP contribution is -2.40. The molecule has 1 amide bonds. The molecule has 0 bridgehead atoms. The summed E-state index contributed by atoms with van der Waals surface area (Å²) in [5, 5.41) is 7.23. The molecule has 0 saturated carbocycles. The maximum Gasteiger partial charge on any atom is 0.230 e. The van der Waals surface area contributed by atoms with Crippen LogP contribution in [-0.2, 0) is 24.8 Å². The third-order valence-electron chi connectivity index (χ3n) is 3.04. The number of hydrogen-bond donors (Lipinski definition) is 2. The minimum atomic E-state index is -0.420. The highest BCUT2D eigenvalue weighted by Crippen LogP contribution is 2.12. The molecule has 0 radical (unpaired) electrons. The normalized spacial score (nSPS) is 12.5. The van der Waals surface area contributed by atoms with Crippen molar-refractivity contribution in [3.05, 3.63) is 17.5 Å². The SMILES string of the molecule is CCc1nn(C)cc1CNC(=O)C(C(N)=S)C(C)C. The fourth-order valence-corrected chi connectivity index (χ4v) is 2.46. The van der Waals surface area contributed by atoms with Gasteiger partial charge in [-0.2, -0.15) is 5.10 Å². The molecule has 0 fully saturated rings. The number of aryl methyl sites for hydroxylation is 2. The van der Waals surface area contributed by atoms with E-state index in [-0.39, 0.29) is 16.8 Å². The van der Waals surface area contributed by atoms with Crippen molar-refractivity contribution in [2.45, 2.75) is 33.7 Å². The second kappa shape index (κ2) is 6.65. The molecule has 0 saturated heterocycles. The van der Waals surface area contributed by atoms with E-state index in [1.54, 1.807) is 4.68 Å². The average molecular weight is 282 g/mol. The second-order valence-electron chi connectivity index (χ2n) is 4.97. The van der Waals surface area contributed by atoms with E-state index in [0.717, 1.165) is 17.7 Å². The number of rotatable bonds is 6. The van der Waals surface area contributed by atoms with Crippen molar-refractivity contribution in [2.75, 3.05) is 0 Å². The number of amides is 1. The van der Waals surface area contributed by atoms with Crippen molar-refractivity contribution in [3.8, 4) is 0 Å². The first kappa shape index (κ1) is 15.6. The Morgan fingerprint density at radius 2 is 2.21 bits per heavy atom. The van der Waals surface area contributed by atoms with Crippen molar-refractivity contribution in [1.29, 1.82) is 0 Å². The molecule has 0 aliphatic heterocycles. The maximum atomic E-state index is 12.1. The van der Waals surface area contributed by atoms with Gasteiger partial charge in [-0.15, -0.1) is 0 Å². The van der Waals surface area contributed by atoms with Crippen LogP contribution in [0, 0.1) is 11.8 Å². The molecule has 5 nitrogen and oxygen atoms in total. The number of nitrogens with zero attached hydrogens (tertiary/aromatic N) is 2. The first-order chi connectivity index (χ1) is 8.86. The molecule has 1 atom stereocenters. The molecule has 1 rings (SSSR count). The van der Waals surface area contributed by atoms with Gasteiger partial charge in [0.15, 0.2) is 0 Å². The van der Waals surface area contributed by atoms with Crippen molar-refractivity contribution < 1.29 is 4.79 Å². The van der Waals surface area contributed by atoms with Crippen LogP contribution in [0.1, 0.15) is 32.0 Å². The van der Waals surface area contributed by atoms with Gasteiger partial charge < -0.3 is 11.1 Å². The van der Waals surface area contributed by atoms with Gasteiger partial charge in [0.05, 0.1) is 16.6 Å². The lowest BCUT2D eigenvalue weighted by Gasteiger charge is -2.18. The standard InChI is InChI=1S/C13H22N4OS/c1-5-10-9(7-17(4)16-10)6-15-13(18)11(8(2)3)12(14)19/h7-8,11H,5-6H2,1-4H3,(H2,14,19)(H,15,18). The van der Waals surface area contributed by atoms with Gasteiger partial charge in [0.2, 0.25) is 5.91 Å². The van der Waals surface area contributed by atoms with E-state index in [1.165, 1.54) is 0 Å². The number of nitrogens with one attached hydrogen (secondary N) is 1. The van der Waals surface area contributed by atoms with Gasteiger partial charge in [0, 0.05) is 25.4 Å². The maximum absolute atomic E-state index is 12.1. The van der Waals surface area contributed by atoms with E-state index in [2.05, 4.69) is 10.4 Å². The van der Waals surface area contributed by atoms with Crippen LogP contribution in [0.2, 0.25) is 0 Å². The van der Waals surface area contributed by atoms with Crippen molar-refractivity contribution in [2.24, 2.45) is 24.6 Å². The summed E-state index contributed by atoms with van der Waals surface area (Å²) in [6.45, 7) is 6.37. The Kier molecular flexibility index (Phi) is 5.47. The third kappa shape index (κ3) is 4.02. The zero-order valence-electron chi connectivity index (χ0n) is 11.9. The molecule has 19 heavy (non-hydrogen) atoms. The van der Waals surface area contributed by atoms with E-state index in [4.69, 9.17) is 18.0 Å². The number of hydrogen-bond acceptors (Lipinski definition) is 3. The monoisotopic (exact) mass is 282 g/mol. The molecule has 1 unspecified atom stereocenters. The summed E-state index contributed by atoms with van der Waals surface area (Å²) in [5.74, 6) is -0.442. The van der Waals surface area contributed by atoms with Gasteiger partial charge in [-0.25, -0.2) is 0 Å². The second-order valence-corrected chi connectivity index (χ2v) is 5.44. The Hall–Kier alpha value is -1.43. The fourth-order valence-electron chi connectivity index (χ4n) is 2.08. The molecule has 1 aromatic rings. The molecular weight excluding hydrogens is 260 g/mol. The summed E-state index contributed by atoms with van der Waals surface area (Å²) in [4.78, 5) is 12.3. The van der Waals surface area contributed by atoms with Crippen LogP contribution in [0.5, 0.6) is 0 Å². The number of carbonyl (C=O) groups excluding carboxylic acids is 1. The van der Waals surface area contributed by atoms with E-state index >= 15 is 0 Å². The molecule has 0 spiro atoms. The Labute approximate surface area is 119 Å². The summed E-state index contributed by atoms with van der Waals surface area (Å²) >= 11 is 4.95. The number of carbonyl (C=O) groups is 1. The summed E-state index contributed by atoms with van der Waals surface area (Å²) in [6.07, 6.45) is 2.76. The lowest BCUT2D eigenvalue weighted by molar-refractivity contribution is -0.124. The van der Waals surface area contributed by atoms with Gasteiger partial charge in [-0.3, -0.25) is 9.48 Å². The minimum absolute atomic E-state index is 0.0945. The first-order valence-corrected chi connectivity index (χ1v) is 6.86. The number of aromatic nitrogens is 2. The predicted molar refractivity (Wildman–Crippen MR) is 79.5 cm³/mol. The smallest absolute Gasteiger partial charge is 0.230 e. The highest BCUT2D eigenvalue weighted by atomic mass is 32.1. The van der Waals surface area contributed by atoms with E-state index in [0.29, 0.717) is 6.54 Å². The summed E-state index contributed by atoms with van der Waals surface area (Å²) in [7, 11) is 1.87. The third-order valence-corrected chi connectivity index (χ3v) is 3.29. The molecule has 106 valence electrons. The van der Waals surface area contributed by atoms with Gasteiger partial charge in [-0.05, 0) is 12.3 Å². The largest absolute Gasteiger partial charge is 0.393 e. The summed E-state index contributed by atoms with van der Waals surface area (Å²) < 4.78 is 1.76. The molecule has 1 heterocycles. The zero-order valence-corrected chi connectivity index (χ0v) is 12.8. The van der Waals surface area contributed by atoms with Crippen LogP contribution in [0.3, 0.4) is 0 Å². The Bertz CT molecular complexity index is 467. The quantitative estimate of drug-likeness (QED) is 0.768. The van der Waals surface area contributed by atoms with Crippen molar-refractivity contribution in [3.63, 3.8) is 0 Å². The molecule has 3 N–H and O–H groups in total. The van der Waals surface area contributed by atoms with E-state index in [9.17, 15) is 4.79 Å². The predicted octanol–water partition coefficient (Wildman–Crippen LogP) is 1.16. The Balaban J connectivity index is 2.70. The molecule has 0 aliphatic rings. The van der Waals surface area contributed by atoms with Crippen LogP contribution < -0.4 is 11.1 Å². The molecule has 0 aliphatic carbocycles. The van der Waals surface area contributed by atoms with Gasteiger partial charge in [0.1, 0.15) is 0 Å². The minimum Gasteiger partial charge on any atom is -0.393 e. The topological polar surface area (TPSA) is 72.9 Å². The lowest BCUT2D eigenvalue weighted by atomic mass is 9.95. The first-order valence-electron chi connectivity index (χ1n) is 6.45. The average Bonchev–Trinajstić information content (AvgIpc) is 2.66. The van der Waals surface area contributed by atoms with Crippen molar-refractivity contribution >= 4 is 23.1 Å². The van der Waals surface area contributed by atoms with E-state index in [1.807, 2.05) is 34.0 Å². The van der Waals surface area contributed by atoms with Crippen LogP contribution >= 0.6 is 12.2 Å². The zero-order chi connectivity index (χ0) is 14.6. The molecule has 0 aromatic carbocycles. The van der Waals surface area contributed by atoms with Crippen molar-refractivity contribution in [1.82, 2.24) is 15.1 Å². The van der Waals surface area contributed by atoms with Crippen LogP contribution in [0.4, 0.5) is 0 Å². The fraction of sp³-hybridized carbons (Fsp3) is 0.615. The summed E-state index contributed by atoms with van der Waals surface area (Å²) in [5.41, 5.74) is 7.65. The van der Waals surface area contributed by atoms with E-state index < -0.39 is 5.92 Å².